The number of thiocarbonyl (C=S) groups is 1. The van der Waals surface area contributed by atoms with Gasteiger partial charge in [0, 0.05) is 0 Å². The van der Waals surface area contributed by atoms with E-state index in [1.807, 2.05) is 0 Å². The van der Waals surface area contributed by atoms with Crippen LogP contribution in [-0.2, 0) is 0 Å². The summed E-state index contributed by atoms with van der Waals surface area (Å²) >= 11 is 4.70. The number of aromatic nitrogens is 5. The molecule has 2 aromatic heterocycles. The minimum absolute atomic E-state index is 0.0162. The standard InChI is InChI=1S/C8H7FN6S/c1-4-5(9)8(12-2-11-4)15-3-13-7(14-15)6(10)16/h2-3H,1H3,(H2,10,16). The third kappa shape index (κ3) is 1.74. The molecule has 8 heteroatoms. The first-order valence-electron chi connectivity index (χ1n) is 4.28. The molecule has 0 aromatic carbocycles. The van der Waals surface area contributed by atoms with Gasteiger partial charge in [0.05, 0.1) is 5.69 Å². The molecule has 0 atom stereocenters. The number of nitrogens with zero attached hydrogens (tertiary/aromatic N) is 5. The van der Waals surface area contributed by atoms with E-state index >= 15 is 0 Å². The number of hydrogen-bond donors (Lipinski definition) is 1. The maximum atomic E-state index is 13.6. The molecular weight excluding hydrogens is 231 g/mol. The normalized spacial score (nSPS) is 10.4. The summed E-state index contributed by atoms with van der Waals surface area (Å²) in [6, 6.07) is 0. The van der Waals surface area contributed by atoms with Gasteiger partial charge in [-0.3, -0.25) is 0 Å². The van der Waals surface area contributed by atoms with Gasteiger partial charge in [0.1, 0.15) is 17.6 Å². The first kappa shape index (κ1) is 10.6. The average molecular weight is 238 g/mol. The lowest BCUT2D eigenvalue weighted by molar-refractivity contribution is 0.581. The van der Waals surface area contributed by atoms with E-state index in [9.17, 15) is 4.39 Å². The molecule has 0 amide bonds. The predicted octanol–water partition coefficient (Wildman–Crippen LogP) is 0.139. The topological polar surface area (TPSA) is 82.5 Å². The fourth-order valence-electron chi connectivity index (χ4n) is 1.08. The lowest BCUT2D eigenvalue weighted by Crippen LogP contribution is -2.12. The van der Waals surface area contributed by atoms with Crippen LogP contribution in [0.15, 0.2) is 12.7 Å². The molecule has 0 saturated heterocycles. The van der Waals surface area contributed by atoms with Crippen LogP contribution in [0.1, 0.15) is 11.5 Å². The minimum atomic E-state index is -0.554. The summed E-state index contributed by atoms with van der Waals surface area (Å²) in [5.74, 6) is -0.366. The Morgan fingerprint density at radius 1 is 1.44 bits per heavy atom. The highest BCUT2D eigenvalue weighted by molar-refractivity contribution is 7.80. The molecule has 2 heterocycles. The van der Waals surface area contributed by atoms with Crippen LogP contribution in [0.2, 0.25) is 0 Å². The molecule has 2 N–H and O–H groups in total. The van der Waals surface area contributed by atoms with Crippen LogP contribution in [0.5, 0.6) is 0 Å². The van der Waals surface area contributed by atoms with Gasteiger partial charge in [0.2, 0.25) is 5.82 Å². The van der Waals surface area contributed by atoms with Crippen molar-refractivity contribution in [1.82, 2.24) is 24.7 Å². The van der Waals surface area contributed by atoms with Crippen molar-refractivity contribution < 1.29 is 4.39 Å². The third-order valence-electron chi connectivity index (χ3n) is 1.87. The van der Waals surface area contributed by atoms with Crippen LogP contribution in [-0.4, -0.2) is 29.7 Å². The quantitative estimate of drug-likeness (QED) is 0.749. The molecular formula is C8H7FN6S. The fraction of sp³-hybridized carbons (Fsp3) is 0.125. The van der Waals surface area contributed by atoms with Gasteiger partial charge in [-0.2, -0.15) is 4.68 Å². The fourth-order valence-corrected chi connectivity index (χ4v) is 1.18. The molecule has 16 heavy (non-hydrogen) atoms. The maximum Gasteiger partial charge on any atom is 0.208 e. The molecule has 6 nitrogen and oxygen atoms in total. The average Bonchev–Trinajstić information content (AvgIpc) is 2.71. The van der Waals surface area contributed by atoms with Gasteiger partial charge in [0.25, 0.3) is 0 Å². The molecule has 2 rings (SSSR count). The van der Waals surface area contributed by atoms with Crippen molar-refractivity contribution in [2.75, 3.05) is 0 Å². The lowest BCUT2D eigenvalue weighted by atomic mass is 10.4. The number of nitrogens with two attached hydrogens (primary N) is 1. The summed E-state index contributed by atoms with van der Waals surface area (Å²) < 4.78 is 14.8. The summed E-state index contributed by atoms with van der Waals surface area (Å²) in [4.78, 5) is 11.3. The minimum Gasteiger partial charge on any atom is -0.387 e. The summed E-state index contributed by atoms with van der Waals surface area (Å²) in [6.07, 6.45) is 2.54. The molecule has 0 radical (unpaired) electrons. The Bertz CT molecular complexity index is 551. The van der Waals surface area contributed by atoms with Crippen molar-refractivity contribution in [1.29, 1.82) is 0 Å². The van der Waals surface area contributed by atoms with Gasteiger partial charge < -0.3 is 5.73 Å². The van der Waals surface area contributed by atoms with Crippen molar-refractivity contribution in [2.45, 2.75) is 6.92 Å². The molecule has 0 bridgehead atoms. The Morgan fingerprint density at radius 2 is 2.19 bits per heavy atom. The molecule has 0 unspecified atom stereocenters. The Morgan fingerprint density at radius 3 is 2.81 bits per heavy atom. The van der Waals surface area contributed by atoms with E-state index in [1.54, 1.807) is 0 Å². The first-order chi connectivity index (χ1) is 7.59. The van der Waals surface area contributed by atoms with Gasteiger partial charge >= 0.3 is 0 Å². The van der Waals surface area contributed by atoms with E-state index in [-0.39, 0.29) is 22.3 Å². The predicted molar refractivity (Wildman–Crippen MR) is 57.5 cm³/mol. The summed E-state index contributed by atoms with van der Waals surface area (Å²) in [7, 11) is 0. The molecule has 0 fully saturated rings. The number of rotatable bonds is 2. The van der Waals surface area contributed by atoms with Gasteiger partial charge in [-0.1, -0.05) is 12.2 Å². The largest absolute Gasteiger partial charge is 0.387 e. The van der Waals surface area contributed by atoms with E-state index < -0.39 is 5.82 Å². The van der Waals surface area contributed by atoms with Gasteiger partial charge in [-0.25, -0.2) is 19.3 Å². The Labute approximate surface area is 95.3 Å². The molecule has 82 valence electrons. The highest BCUT2D eigenvalue weighted by Gasteiger charge is 2.12. The monoisotopic (exact) mass is 238 g/mol. The summed E-state index contributed by atoms with van der Waals surface area (Å²) in [6.45, 7) is 1.53. The number of aryl methyl sites for hydroxylation is 1. The van der Waals surface area contributed by atoms with Gasteiger partial charge in [0.15, 0.2) is 11.6 Å². The van der Waals surface area contributed by atoms with E-state index in [4.69, 9.17) is 18.0 Å². The second-order valence-electron chi connectivity index (χ2n) is 2.97. The molecule has 0 aliphatic heterocycles. The summed E-state index contributed by atoms with van der Waals surface area (Å²) in [5.41, 5.74) is 5.57. The second kappa shape index (κ2) is 3.89. The maximum absolute atomic E-state index is 13.6. The van der Waals surface area contributed by atoms with Crippen LogP contribution in [0, 0.1) is 12.7 Å². The van der Waals surface area contributed by atoms with Crippen molar-refractivity contribution in [3.63, 3.8) is 0 Å². The zero-order valence-electron chi connectivity index (χ0n) is 8.25. The van der Waals surface area contributed by atoms with Gasteiger partial charge in [-0.05, 0) is 6.92 Å². The van der Waals surface area contributed by atoms with Gasteiger partial charge in [-0.15, -0.1) is 5.10 Å². The van der Waals surface area contributed by atoms with Crippen LogP contribution in [0.25, 0.3) is 5.82 Å². The lowest BCUT2D eigenvalue weighted by Gasteiger charge is -2.01. The smallest absolute Gasteiger partial charge is 0.208 e. The highest BCUT2D eigenvalue weighted by atomic mass is 32.1. The Balaban J connectivity index is 2.50. The van der Waals surface area contributed by atoms with Crippen LogP contribution >= 0.6 is 12.2 Å². The molecule has 0 saturated carbocycles. The van der Waals surface area contributed by atoms with E-state index in [2.05, 4.69) is 20.1 Å². The zero-order valence-corrected chi connectivity index (χ0v) is 9.07. The van der Waals surface area contributed by atoms with Crippen molar-refractivity contribution in [3.05, 3.63) is 30.0 Å². The second-order valence-corrected chi connectivity index (χ2v) is 3.41. The van der Waals surface area contributed by atoms with Crippen LogP contribution < -0.4 is 5.73 Å². The first-order valence-corrected chi connectivity index (χ1v) is 4.69. The van der Waals surface area contributed by atoms with E-state index in [0.717, 1.165) is 0 Å². The number of hydrogen-bond acceptors (Lipinski definition) is 5. The molecule has 0 aliphatic carbocycles. The Kier molecular flexibility index (Phi) is 2.57. The SMILES string of the molecule is Cc1ncnc(-n2cnc(C(N)=S)n2)c1F. The van der Waals surface area contributed by atoms with Crippen LogP contribution in [0.4, 0.5) is 4.39 Å². The highest BCUT2D eigenvalue weighted by Crippen LogP contribution is 2.10. The Hall–Kier alpha value is -1.96. The number of halogens is 1. The van der Waals surface area contributed by atoms with E-state index in [0.29, 0.717) is 0 Å². The van der Waals surface area contributed by atoms with Crippen LogP contribution in [0.3, 0.4) is 0 Å². The van der Waals surface area contributed by atoms with Crippen molar-refractivity contribution in [2.24, 2.45) is 5.73 Å². The summed E-state index contributed by atoms with van der Waals surface area (Å²) in [5, 5.41) is 3.89. The molecule has 0 spiro atoms. The zero-order chi connectivity index (χ0) is 11.7. The molecule has 0 aliphatic rings. The third-order valence-corrected chi connectivity index (χ3v) is 2.06. The van der Waals surface area contributed by atoms with Crippen molar-refractivity contribution >= 4 is 17.2 Å². The van der Waals surface area contributed by atoms with Crippen molar-refractivity contribution in [3.8, 4) is 5.82 Å². The van der Waals surface area contributed by atoms with E-state index in [1.165, 1.54) is 24.3 Å². The molecule has 2 aromatic rings.